The van der Waals surface area contributed by atoms with Crippen molar-refractivity contribution in [2.24, 2.45) is 5.92 Å². The van der Waals surface area contributed by atoms with Crippen LogP contribution >= 0.6 is 0 Å². The van der Waals surface area contributed by atoms with Crippen molar-refractivity contribution in [1.29, 1.82) is 0 Å². The smallest absolute Gasteiger partial charge is 0.134 e. The fourth-order valence-electron chi connectivity index (χ4n) is 2.55. The van der Waals surface area contributed by atoms with Gasteiger partial charge in [0.05, 0.1) is 0 Å². The summed E-state index contributed by atoms with van der Waals surface area (Å²) < 4.78 is 5.42. The predicted octanol–water partition coefficient (Wildman–Crippen LogP) is 2.33. The lowest BCUT2D eigenvalue weighted by molar-refractivity contribution is 0.0685. The molecule has 2 heterocycles. The highest BCUT2D eigenvalue weighted by Crippen LogP contribution is 2.20. The summed E-state index contributed by atoms with van der Waals surface area (Å²) in [5.74, 6) is 3.54. The van der Waals surface area contributed by atoms with Gasteiger partial charge in [-0.25, -0.2) is 9.97 Å². The van der Waals surface area contributed by atoms with Gasteiger partial charge >= 0.3 is 0 Å². The first-order chi connectivity index (χ1) is 9.72. The van der Waals surface area contributed by atoms with Crippen LogP contribution in [0.3, 0.4) is 0 Å². The molecular weight excluding hydrogens is 252 g/mol. The lowest BCUT2D eigenvalue weighted by Gasteiger charge is -2.28. The summed E-state index contributed by atoms with van der Waals surface area (Å²) in [5, 5.41) is 3.13. The van der Waals surface area contributed by atoms with E-state index < -0.39 is 0 Å². The average Bonchev–Trinajstić information content (AvgIpc) is 2.48. The van der Waals surface area contributed by atoms with E-state index in [1.807, 2.05) is 13.1 Å². The molecule has 0 aromatic carbocycles. The Morgan fingerprint density at radius 1 is 1.35 bits per heavy atom. The second-order valence-electron chi connectivity index (χ2n) is 5.46. The van der Waals surface area contributed by atoms with Gasteiger partial charge in [-0.3, -0.25) is 0 Å². The summed E-state index contributed by atoms with van der Waals surface area (Å²) in [4.78, 5) is 11.4. The van der Waals surface area contributed by atoms with Crippen LogP contribution in [0.1, 0.15) is 32.0 Å². The fourth-order valence-corrected chi connectivity index (χ4v) is 2.55. The van der Waals surface area contributed by atoms with Crippen molar-refractivity contribution in [1.82, 2.24) is 9.97 Å². The maximum absolute atomic E-state index is 5.42. The van der Waals surface area contributed by atoms with Gasteiger partial charge in [0, 0.05) is 46.3 Å². The number of nitrogens with zero attached hydrogens (tertiary/aromatic N) is 3. The Morgan fingerprint density at radius 2 is 2.10 bits per heavy atom. The molecule has 2 rings (SSSR count). The fraction of sp³-hybridized carbons (Fsp3) is 0.733. The van der Waals surface area contributed by atoms with Gasteiger partial charge in [0.2, 0.25) is 0 Å². The summed E-state index contributed by atoms with van der Waals surface area (Å²) in [6.45, 7) is 4.98. The monoisotopic (exact) mass is 278 g/mol. The molecule has 0 bridgehead atoms. The molecule has 5 heteroatoms. The van der Waals surface area contributed by atoms with E-state index in [2.05, 4.69) is 34.2 Å². The molecule has 20 heavy (non-hydrogen) atoms. The van der Waals surface area contributed by atoms with Crippen LogP contribution in [0.2, 0.25) is 0 Å². The number of rotatable bonds is 6. The highest BCUT2D eigenvalue weighted by Gasteiger charge is 2.17. The minimum atomic E-state index is 0.705. The lowest BCUT2D eigenvalue weighted by atomic mass is 10.00. The molecule has 0 aliphatic carbocycles. The first kappa shape index (κ1) is 15.0. The molecule has 1 aromatic rings. The number of aryl methyl sites for hydroxylation is 1. The van der Waals surface area contributed by atoms with Gasteiger partial charge in [0.25, 0.3) is 0 Å². The minimum absolute atomic E-state index is 0.705. The molecule has 5 nitrogen and oxygen atoms in total. The third-order valence-corrected chi connectivity index (χ3v) is 3.75. The summed E-state index contributed by atoms with van der Waals surface area (Å²) in [6.07, 6.45) is 4.29. The summed E-state index contributed by atoms with van der Waals surface area (Å²) in [7, 11) is 4.02. The van der Waals surface area contributed by atoms with Crippen LogP contribution < -0.4 is 10.2 Å². The molecule has 1 N–H and O–H groups in total. The topological polar surface area (TPSA) is 50.3 Å². The third-order valence-electron chi connectivity index (χ3n) is 3.75. The van der Waals surface area contributed by atoms with E-state index >= 15 is 0 Å². The molecule has 0 radical (unpaired) electrons. The van der Waals surface area contributed by atoms with Gasteiger partial charge in [-0.1, -0.05) is 6.92 Å². The van der Waals surface area contributed by atoms with Crippen molar-refractivity contribution >= 4 is 11.6 Å². The van der Waals surface area contributed by atoms with Gasteiger partial charge in [-0.05, 0) is 25.2 Å². The molecule has 1 saturated heterocycles. The normalized spacial score (nSPS) is 16.1. The molecule has 1 aliphatic heterocycles. The Morgan fingerprint density at radius 3 is 2.75 bits per heavy atom. The van der Waals surface area contributed by atoms with E-state index in [0.717, 1.165) is 62.9 Å². The lowest BCUT2D eigenvalue weighted by Crippen LogP contribution is -2.30. The number of aromatic nitrogens is 2. The van der Waals surface area contributed by atoms with Gasteiger partial charge in [-0.2, -0.15) is 0 Å². The van der Waals surface area contributed by atoms with Crippen molar-refractivity contribution in [2.75, 3.05) is 44.1 Å². The first-order valence-electron chi connectivity index (χ1n) is 7.57. The molecule has 0 atom stereocenters. The van der Waals surface area contributed by atoms with E-state index in [9.17, 15) is 0 Å². The van der Waals surface area contributed by atoms with Crippen LogP contribution in [-0.2, 0) is 11.2 Å². The average molecular weight is 278 g/mol. The molecular formula is C15H26N4O. The van der Waals surface area contributed by atoms with Crippen LogP contribution in [0.4, 0.5) is 11.6 Å². The van der Waals surface area contributed by atoms with Crippen molar-refractivity contribution in [3.8, 4) is 0 Å². The van der Waals surface area contributed by atoms with E-state index in [4.69, 9.17) is 4.74 Å². The van der Waals surface area contributed by atoms with Crippen molar-refractivity contribution in [3.63, 3.8) is 0 Å². The number of hydrogen-bond acceptors (Lipinski definition) is 5. The SMILES string of the molecule is CCCc1nc(NC)cc(N(C)CC2CCOCC2)n1. The highest BCUT2D eigenvalue weighted by molar-refractivity contribution is 5.48. The third kappa shape index (κ3) is 4.07. The van der Waals surface area contributed by atoms with E-state index in [-0.39, 0.29) is 0 Å². The van der Waals surface area contributed by atoms with Crippen LogP contribution in [0.5, 0.6) is 0 Å². The van der Waals surface area contributed by atoms with Gasteiger partial charge in [0.15, 0.2) is 0 Å². The number of anilines is 2. The second kappa shape index (κ2) is 7.43. The molecule has 0 amide bonds. The Kier molecular flexibility index (Phi) is 5.59. The largest absolute Gasteiger partial charge is 0.381 e. The second-order valence-corrected chi connectivity index (χ2v) is 5.46. The minimum Gasteiger partial charge on any atom is -0.381 e. The first-order valence-corrected chi connectivity index (χ1v) is 7.57. The van der Waals surface area contributed by atoms with Gasteiger partial charge in [-0.15, -0.1) is 0 Å². The zero-order valence-corrected chi connectivity index (χ0v) is 12.9. The maximum Gasteiger partial charge on any atom is 0.134 e. The van der Waals surface area contributed by atoms with E-state index in [1.165, 1.54) is 0 Å². The molecule has 0 spiro atoms. The van der Waals surface area contributed by atoms with Crippen LogP contribution in [0.15, 0.2) is 6.07 Å². The molecule has 0 saturated carbocycles. The molecule has 1 fully saturated rings. The van der Waals surface area contributed by atoms with Crippen molar-refractivity contribution in [2.45, 2.75) is 32.6 Å². The number of ether oxygens (including phenoxy) is 1. The van der Waals surface area contributed by atoms with Crippen molar-refractivity contribution in [3.05, 3.63) is 11.9 Å². The zero-order chi connectivity index (χ0) is 14.4. The van der Waals surface area contributed by atoms with Crippen LogP contribution in [0, 0.1) is 5.92 Å². The van der Waals surface area contributed by atoms with Crippen LogP contribution in [-0.4, -0.2) is 43.8 Å². The summed E-state index contributed by atoms with van der Waals surface area (Å²) >= 11 is 0. The summed E-state index contributed by atoms with van der Waals surface area (Å²) in [5.41, 5.74) is 0. The molecule has 1 aromatic heterocycles. The Hall–Kier alpha value is -1.36. The molecule has 112 valence electrons. The Bertz CT molecular complexity index is 418. The molecule has 1 aliphatic rings. The number of hydrogen-bond donors (Lipinski definition) is 1. The van der Waals surface area contributed by atoms with E-state index in [1.54, 1.807) is 0 Å². The standard InChI is InChI=1S/C15H26N4O/c1-4-5-13-17-14(16-2)10-15(18-13)19(3)11-12-6-8-20-9-7-12/h10,12H,4-9,11H2,1-3H3,(H,16,17,18). The highest BCUT2D eigenvalue weighted by atomic mass is 16.5. The zero-order valence-electron chi connectivity index (χ0n) is 12.9. The Labute approximate surface area is 121 Å². The van der Waals surface area contributed by atoms with Crippen LogP contribution in [0.25, 0.3) is 0 Å². The van der Waals surface area contributed by atoms with Crippen molar-refractivity contribution < 1.29 is 4.74 Å². The maximum atomic E-state index is 5.42. The van der Waals surface area contributed by atoms with E-state index in [0.29, 0.717) is 5.92 Å². The number of nitrogens with one attached hydrogen (secondary N) is 1. The molecule has 0 unspecified atom stereocenters. The summed E-state index contributed by atoms with van der Waals surface area (Å²) in [6, 6.07) is 2.03. The predicted molar refractivity (Wildman–Crippen MR) is 82.4 cm³/mol. The van der Waals surface area contributed by atoms with Gasteiger partial charge in [0.1, 0.15) is 17.5 Å². The van der Waals surface area contributed by atoms with Gasteiger partial charge < -0.3 is 15.0 Å². The Balaban J connectivity index is 2.06. The quantitative estimate of drug-likeness (QED) is 0.865.